The van der Waals surface area contributed by atoms with Crippen molar-refractivity contribution in [1.82, 2.24) is 0 Å². The zero-order chi connectivity index (χ0) is 18.8. The first-order valence-electron chi connectivity index (χ1n) is 9.34. The molecule has 0 saturated heterocycles. The summed E-state index contributed by atoms with van der Waals surface area (Å²) in [6.07, 6.45) is 0. The molecule has 24 heavy (non-hydrogen) atoms. The molecule has 0 atom stereocenters. The van der Waals surface area contributed by atoms with Crippen molar-refractivity contribution >= 4 is 0 Å². The Bertz CT molecular complexity index is 543. The van der Waals surface area contributed by atoms with Crippen LogP contribution in [0.2, 0.25) is 0 Å². The van der Waals surface area contributed by atoms with Gasteiger partial charge in [0.25, 0.3) is 0 Å². The van der Waals surface area contributed by atoms with Crippen LogP contribution in [0.1, 0.15) is 36.1 Å². The highest BCUT2D eigenvalue weighted by Gasteiger charge is 2.23. The largest absolute Gasteiger partial charge is 0.327 e. The van der Waals surface area contributed by atoms with Gasteiger partial charge in [-0.3, -0.25) is 0 Å². The fraction of sp³-hybridized carbons (Fsp3) is 0.714. The molecule has 0 spiro atoms. The molecule has 0 aliphatic rings. The molecule has 1 aromatic rings. The minimum Gasteiger partial charge on any atom is -0.327 e. The molecular weight excluding hydrogens is 294 g/mol. The van der Waals surface area contributed by atoms with Gasteiger partial charge in [-0.05, 0) is 38.5 Å². The lowest BCUT2D eigenvalue weighted by molar-refractivity contribution is -0.919. The van der Waals surface area contributed by atoms with Gasteiger partial charge in [-0.1, -0.05) is 0 Å². The zero-order valence-electron chi connectivity index (χ0n) is 18.0. The van der Waals surface area contributed by atoms with Crippen LogP contribution >= 0.6 is 0 Å². The average Bonchev–Trinajstić information content (AvgIpc) is 2.40. The SMILES string of the molecule is CC[N+](C)(CC)Cc1cc(C[N+](C)(C)C)cc(C[N+](C)(C)C)c1C. The number of quaternary nitrogens is 3. The molecule has 0 heterocycles. The van der Waals surface area contributed by atoms with Crippen molar-refractivity contribution in [2.24, 2.45) is 0 Å². The molecule has 1 rings (SSSR count). The molecule has 0 aromatic heterocycles. The molecule has 0 bridgehead atoms. The highest BCUT2D eigenvalue weighted by atomic mass is 15.3. The van der Waals surface area contributed by atoms with Gasteiger partial charge >= 0.3 is 0 Å². The number of nitrogens with zero attached hydrogens (tertiary/aromatic N) is 3. The van der Waals surface area contributed by atoms with Crippen molar-refractivity contribution in [3.8, 4) is 0 Å². The van der Waals surface area contributed by atoms with E-state index < -0.39 is 0 Å². The van der Waals surface area contributed by atoms with Gasteiger partial charge in [0.1, 0.15) is 19.6 Å². The molecule has 0 N–H and O–H groups in total. The molecule has 0 aliphatic heterocycles. The standard InChI is InChI=1S/C21H42N3/c1-11-24(10,12-2)17-21-14-19(15-22(4,5)6)13-20(18(21)3)16-23(7,8)9/h13-14H,11-12,15-17H2,1-10H3/q+3. The second-order valence-corrected chi connectivity index (χ2v) is 9.85. The Labute approximate surface area is 151 Å². The molecule has 3 nitrogen and oxygen atoms in total. The highest BCUT2D eigenvalue weighted by Crippen LogP contribution is 2.24. The van der Waals surface area contributed by atoms with Crippen molar-refractivity contribution in [1.29, 1.82) is 0 Å². The van der Waals surface area contributed by atoms with Gasteiger partial charge in [0.15, 0.2) is 0 Å². The Morgan fingerprint density at radius 2 is 1.08 bits per heavy atom. The third kappa shape index (κ3) is 6.54. The lowest BCUT2D eigenvalue weighted by atomic mass is 9.96. The van der Waals surface area contributed by atoms with Crippen molar-refractivity contribution in [3.63, 3.8) is 0 Å². The Morgan fingerprint density at radius 1 is 0.667 bits per heavy atom. The summed E-state index contributed by atoms with van der Waals surface area (Å²) < 4.78 is 3.06. The van der Waals surface area contributed by atoms with Crippen molar-refractivity contribution < 1.29 is 13.4 Å². The minimum atomic E-state index is 0.972. The molecule has 0 aliphatic carbocycles. The van der Waals surface area contributed by atoms with Crippen LogP contribution in [0.25, 0.3) is 0 Å². The number of benzene rings is 1. The van der Waals surface area contributed by atoms with Gasteiger partial charge in [-0.25, -0.2) is 0 Å². The van der Waals surface area contributed by atoms with E-state index in [1.807, 2.05) is 0 Å². The monoisotopic (exact) mass is 336 g/mol. The van der Waals surface area contributed by atoms with Crippen molar-refractivity contribution in [2.75, 3.05) is 62.4 Å². The molecule has 0 amide bonds. The van der Waals surface area contributed by atoms with Crippen LogP contribution in [-0.2, 0) is 19.6 Å². The molecule has 0 radical (unpaired) electrons. The van der Waals surface area contributed by atoms with E-state index in [9.17, 15) is 0 Å². The van der Waals surface area contributed by atoms with E-state index in [4.69, 9.17) is 0 Å². The summed E-state index contributed by atoms with van der Waals surface area (Å²) >= 11 is 0. The average molecular weight is 337 g/mol. The predicted molar refractivity (Wildman–Crippen MR) is 106 cm³/mol. The molecule has 1 aromatic carbocycles. The summed E-state index contributed by atoms with van der Waals surface area (Å²) in [6, 6.07) is 4.92. The molecule has 0 unspecified atom stereocenters. The van der Waals surface area contributed by atoms with E-state index in [1.165, 1.54) is 35.3 Å². The Hall–Kier alpha value is -0.900. The van der Waals surface area contributed by atoms with Crippen LogP contribution < -0.4 is 0 Å². The van der Waals surface area contributed by atoms with Gasteiger partial charge in [-0.2, -0.15) is 0 Å². The smallest absolute Gasteiger partial charge is 0.104 e. The first kappa shape index (κ1) is 21.1. The maximum atomic E-state index is 2.47. The third-order valence-electron chi connectivity index (χ3n) is 5.06. The summed E-state index contributed by atoms with van der Waals surface area (Å²) in [5, 5.41) is 0. The van der Waals surface area contributed by atoms with E-state index >= 15 is 0 Å². The Kier molecular flexibility index (Phi) is 6.65. The zero-order valence-corrected chi connectivity index (χ0v) is 18.0. The first-order valence-corrected chi connectivity index (χ1v) is 9.34. The summed E-state index contributed by atoms with van der Waals surface area (Å²) in [7, 11) is 16.1. The predicted octanol–water partition coefficient (Wildman–Crippen LogP) is 3.39. The molecule has 138 valence electrons. The maximum absolute atomic E-state index is 2.47. The maximum Gasteiger partial charge on any atom is 0.104 e. The van der Waals surface area contributed by atoms with E-state index in [1.54, 1.807) is 0 Å². The lowest BCUT2D eigenvalue weighted by Crippen LogP contribution is -2.43. The summed E-state index contributed by atoms with van der Waals surface area (Å²) in [6.45, 7) is 12.6. The second-order valence-electron chi connectivity index (χ2n) is 9.85. The quantitative estimate of drug-likeness (QED) is 0.638. The van der Waals surface area contributed by atoms with Crippen LogP contribution in [-0.4, -0.2) is 75.9 Å². The summed E-state index contributed by atoms with van der Waals surface area (Å²) in [5.41, 5.74) is 6.03. The number of hydrogen-bond donors (Lipinski definition) is 0. The van der Waals surface area contributed by atoms with Crippen LogP contribution in [0.3, 0.4) is 0 Å². The van der Waals surface area contributed by atoms with Gasteiger partial charge in [0, 0.05) is 16.7 Å². The van der Waals surface area contributed by atoms with Gasteiger partial charge in [0.05, 0.1) is 62.4 Å². The van der Waals surface area contributed by atoms with E-state index in [-0.39, 0.29) is 0 Å². The van der Waals surface area contributed by atoms with Crippen LogP contribution in [0.15, 0.2) is 12.1 Å². The summed E-state index contributed by atoms with van der Waals surface area (Å²) in [5.74, 6) is 0. The molecular formula is C21H42N3+3. The van der Waals surface area contributed by atoms with E-state index in [2.05, 4.69) is 82.2 Å². The first-order chi connectivity index (χ1) is 10.8. The molecule has 3 heteroatoms. The van der Waals surface area contributed by atoms with Gasteiger partial charge < -0.3 is 13.4 Å². The lowest BCUT2D eigenvalue weighted by Gasteiger charge is -2.34. The fourth-order valence-electron chi connectivity index (χ4n) is 3.25. The Morgan fingerprint density at radius 3 is 1.46 bits per heavy atom. The minimum absolute atomic E-state index is 0.972. The van der Waals surface area contributed by atoms with Crippen LogP contribution in [0.5, 0.6) is 0 Å². The third-order valence-corrected chi connectivity index (χ3v) is 5.06. The highest BCUT2D eigenvalue weighted by molar-refractivity contribution is 5.37. The number of hydrogen-bond acceptors (Lipinski definition) is 0. The van der Waals surface area contributed by atoms with Crippen LogP contribution in [0, 0.1) is 6.92 Å². The number of rotatable bonds is 8. The second kappa shape index (κ2) is 7.55. The summed E-state index contributed by atoms with van der Waals surface area (Å²) in [4.78, 5) is 0. The van der Waals surface area contributed by atoms with Crippen molar-refractivity contribution in [2.45, 2.75) is 40.4 Å². The van der Waals surface area contributed by atoms with Crippen LogP contribution in [0.4, 0.5) is 0 Å². The normalized spacial score (nSPS) is 13.4. The Balaban J connectivity index is 3.34. The molecule has 0 fully saturated rings. The molecule has 0 saturated carbocycles. The van der Waals surface area contributed by atoms with Gasteiger partial charge in [-0.15, -0.1) is 0 Å². The van der Waals surface area contributed by atoms with E-state index in [0.29, 0.717) is 0 Å². The fourth-order valence-corrected chi connectivity index (χ4v) is 3.25. The van der Waals surface area contributed by atoms with E-state index in [0.717, 1.165) is 33.1 Å². The topological polar surface area (TPSA) is 0 Å². The van der Waals surface area contributed by atoms with Gasteiger partial charge in [0.2, 0.25) is 0 Å². The van der Waals surface area contributed by atoms with Crippen molar-refractivity contribution in [3.05, 3.63) is 34.4 Å².